The van der Waals surface area contributed by atoms with Crippen molar-refractivity contribution >= 4 is 63.6 Å². The number of rotatable bonds is 6. The molecule has 6 rings (SSSR count). The number of nitrogens with one attached hydrogen (secondary N) is 4. The number of carbonyl (C=O) groups is 2. The summed E-state index contributed by atoms with van der Waals surface area (Å²) in [6, 6.07) is 23.1. The van der Waals surface area contributed by atoms with Gasteiger partial charge in [0.2, 0.25) is 12.2 Å². The van der Waals surface area contributed by atoms with Gasteiger partial charge >= 0.3 is 37.1 Å². The fourth-order valence-corrected chi connectivity index (χ4v) is 5.51. The smallest absolute Gasteiger partial charge is 0.632 e. The molecule has 2 aromatic heterocycles. The maximum absolute atomic E-state index is 10.7. The molecule has 0 saturated heterocycles. The van der Waals surface area contributed by atoms with Crippen LogP contribution in [0.5, 0.6) is 0 Å². The van der Waals surface area contributed by atoms with E-state index in [9.17, 15) is 19.2 Å². The van der Waals surface area contributed by atoms with E-state index in [1.54, 1.807) is 6.20 Å². The van der Waals surface area contributed by atoms with Crippen LogP contribution in [-0.4, -0.2) is 58.4 Å². The van der Waals surface area contributed by atoms with Crippen LogP contribution in [0.3, 0.4) is 0 Å². The van der Waals surface area contributed by atoms with E-state index < -0.39 is 12.2 Å². The quantitative estimate of drug-likeness (QED) is 0.163. The number of ether oxygens (including phenoxy) is 2. The van der Waals surface area contributed by atoms with Gasteiger partial charge in [-0.05, 0) is 70.0 Å². The van der Waals surface area contributed by atoms with Crippen molar-refractivity contribution in [3.05, 3.63) is 83.4 Å². The molecular formula is C30H26N6O6P2V2. The fourth-order valence-electron chi connectivity index (χ4n) is 4.62. The maximum Gasteiger partial charge on any atom is 2.00 e. The van der Waals surface area contributed by atoms with Gasteiger partial charge in [-0.25, -0.2) is 22.0 Å². The standard InChI is InChI=1S/C26H18N4O2P2.2C2H5NO2.2V/c31-13-33-25-27-12-24(30-25)19-4-7-21-18(10-19)2-1-17-9-15(3-6-20(17)21)16-5-8-22-23(11-16)29-26(28-22)34-14-32;2*1-5-2(3)4;;/h3-12,33-34H,1-2H2,(H,27,30)(H,28,29);2*1H3,(H2,3,4);;/q-2;;;2*+2/p-2. The Hall–Kier alpha value is -3.75. The predicted octanol–water partition coefficient (Wildman–Crippen LogP) is 5.73. The third kappa shape index (κ3) is 9.87. The number of imidazole rings is 2. The number of aryl methyl sites for hydroxylation is 2. The Labute approximate surface area is 291 Å². The molecule has 2 unspecified atom stereocenters. The Morgan fingerprint density at radius 1 is 0.761 bits per heavy atom. The van der Waals surface area contributed by atoms with Gasteiger partial charge in [-0.15, -0.1) is 0 Å². The predicted molar refractivity (Wildman–Crippen MR) is 173 cm³/mol. The van der Waals surface area contributed by atoms with Gasteiger partial charge in [0, 0.05) is 0 Å². The van der Waals surface area contributed by atoms with E-state index in [1.807, 2.05) is 18.1 Å². The normalized spacial score (nSPS) is 11.1. The molecule has 2 radical (unpaired) electrons. The third-order valence-corrected chi connectivity index (χ3v) is 7.74. The molecule has 2 amide bonds. The summed E-state index contributed by atoms with van der Waals surface area (Å²) in [5, 5.41) is 0. The van der Waals surface area contributed by atoms with Gasteiger partial charge in [0.15, 0.2) is 0 Å². The van der Waals surface area contributed by atoms with Crippen molar-refractivity contribution in [1.29, 1.82) is 0 Å². The average Bonchev–Trinajstić information content (AvgIpc) is 3.67. The molecule has 0 spiro atoms. The largest absolute Gasteiger partial charge is 2.00 e. The molecular weight excluding hydrogens is 704 g/mol. The first-order valence-electron chi connectivity index (χ1n) is 12.9. The number of benzene rings is 3. The van der Waals surface area contributed by atoms with Crippen molar-refractivity contribution in [2.75, 3.05) is 14.2 Å². The van der Waals surface area contributed by atoms with Crippen LogP contribution < -0.4 is 11.1 Å². The number of aromatic nitrogens is 4. The second kappa shape index (κ2) is 18.4. The summed E-state index contributed by atoms with van der Waals surface area (Å²) < 4.78 is 7.56. The SMILES string of the molecule is COC([NH-])=O.COC([NH-])=O.O=[C-]Pc1ncc(-c2ccc3c(c2)CCc2cc(-c4ccc5nc(P[C-]=O)[nH]c5c4)ccc2-3)[nH]1.[V+2].[V+2]. The average molecular weight is 730 g/mol. The van der Waals surface area contributed by atoms with Crippen LogP contribution in [0.2, 0.25) is 0 Å². The van der Waals surface area contributed by atoms with Gasteiger partial charge in [0.05, 0.1) is 48.3 Å². The first-order chi connectivity index (χ1) is 21.3. The zero-order valence-electron chi connectivity index (χ0n) is 24.4. The molecule has 3 aromatic carbocycles. The summed E-state index contributed by atoms with van der Waals surface area (Å²) in [6.07, 6.45) is 1.73. The molecule has 5 aromatic rings. The summed E-state index contributed by atoms with van der Waals surface area (Å²) in [7, 11) is 2.17. The van der Waals surface area contributed by atoms with Crippen molar-refractivity contribution in [3.8, 4) is 33.5 Å². The summed E-state index contributed by atoms with van der Waals surface area (Å²) >= 11 is 0. The van der Waals surface area contributed by atoms with E-state index in [1.165, 1.54) is 27.8 Å². The Kier molecular flexibility index (Phi) is 15.4. The van der Waals surface area contributed by atoms with Crippen molar-refractivity contribution in [2.24, 2.45) is 0 Å². The van der Waals surface area contributed by atoms with Crippen LogP contribution in [0, 0.1) is 0 Å². The van der Waals surface area contributed by atoms with Gasteiger partial charge in [-0.1, -0.05) is 36.4 Å². The van der Waals surface area contributed by atoms with Crippen molar-refractivity contribution in [2.45, 2.75) is 12.8 Å². The first kappa shape index (κ1) is 38.4. The molecule has 0 saturated carbocycles. The fraction of sp³-hybridized carbons (Fsp3) is 0.133. The van der Waals surface area contributed by atoms with E-state index in [0.29, 0.717) is 11.1 Å². The molecule has 1 aliphatic rings. The molecule has 232 valence electrons. The third-order valence-electron chi connectivity index (χ3n) is 6.58. The van der Waals surface area contributed by atoms with E-state index in [-0.39, 0.29) is 54.3 Å². The number of hydrogen-bond donors (Lipinski definition) is 2. The van der Waals surface area contributed by atoms with E-state index >= 15 is 0 Å². The van der Waals surface area contributed by atoms with Crippen molar-refractivity contribution in [3.63, 3.8) is 0 Å². The van der Waals surface area contributed by atoms with Crippen molar-refractivity contribution < 1.29 is 65.8 Å². The first-order valence-corrected chi connectivity index (χ1v) is 14.9. The van der Waals surface area contributed by atoms with Gasteiger partial charge in [0.1, 0.15) is 0 Å². The minimum Gasteiger partial charge on any atom is -0.632 e. The molecule has 0 bridgehead atoms. The Balaban J connectivity index is 0.000000540. The summed E-state index contributed by atoms with van der Waals surface area (Å²) in [4.78, 5) is 55.0. The summed E-state index contributed by atoms with van der Waals surface area (Å²) in [6.45, 7) is 0. The number of aromatic amines is 2. The molecule has 1 aliphatic carbocycles. The number of amides is 2. The number of H-pyrrole nitrogens is 2. The van der Waals surface area contributed by atoms with E-state index in [4.69, 9.17) is 11.5 Å². The van der Waals surface area contributed by atoms with Crippen LogP contribution in [-0.2, 0) is 69.0 Å². The summed E-state index contributed by atoms with van der Waals surface area (Å²) in [5.74, 6) is 0. The second-order valence-corrected chi connectivity index (χ2v) is 11.0. The Morgan fingerprint density at radius 2 is 1.26 bits per heavy atom. The number of nitrogens with zero attached hydrogens (tertiary/aromatic N) is 2. The number of methoxy groups -OCH3 is 2. The molecule has 12 nitrogen and oxygen atoms in total. The van der Waals surface area contributed by atoms with Gasteiger partial charge in [0.25, 0.3) is 0 Å². The molecule has 4 N–H and O–H groups in total. The second-order valence-electron chi connectivity index (χ2n) is 9.14. The number of carbonyl (C=O) groups excluding carboxylic acids is 4. The van der Waals surface area contributed by atoms with Crippen LogP contribution in [0.25, 0.3) is 56.0 Å². The van der Waals surface area contributed by atoms with Crippen LogP contribution in [0.4, 0.5) is 9.59 Å². The van der Waals surface area contributed by atoms with Crippen LogP contribution in [0.15, 0.2) is 60.8 Å². The Bertz CT molecular complexity index is 1820. The van der Waals surface area contributed by atoms with Gasteiger partial charge < -0.3 is 40.5 Å². The van der Waals surface area contributed by atoms with Gasteiger partial charge in [-0.3, -0.25) is 9.59 Å². The van der Waals surface area contributed by atoms with E-state index in [0.717, 1.165) is 54.9 Å². The van der Waals surface area contributed by atoms with E-state index in [2.05, 4.69) is 77.9 Å². The van der Waals surface area contributed by atoms with Crippen LogP contribution >= 0.6 is 17.2 Å². The van der Waals surface area contributed by atoms with Crippen molar-refractivity contribution in [1.82, 2.24) is 19.9 Å². The van der Waals surface area contributed by atoms with Crippen LogP contribution in [0.1, 0.15) is 11.1 Å². The molecule has 0 aliphatic heterocycles. The zero-order valence-corrected chi connectivity index (χ0v) is 29.2. The molecule has 2 atom stereocenters. The molecule has 46 heavy (non-hydrogen) atoms. The maximum atomic E-state index is 10.7. The molecule has 0 fully saturated rings. The molecule has 2 heterocycles. The zero-order chi connectivity index (χ0) is 31.6. The number of fused-ring (bicyclic) bond motifs is 4. The summed E-state index contributed by atoms with van der Waals surface area (Å²) in [5.41, 5.74) is 24.5. The monoisotopic (exact) mass is 730 g/mol. The van der Waals surface area contributed by atoms with Gasteiger partial charge in [-0.2, -0.15) is 17.2 Å². The Morgan fingerprint density at radius 3 is 1.83 bits per heavy atom. The topological polar surface area (TPSA) is 192 Å². The number of hydrogen-bond acceptors (Lipinski definition) is 8. The molecule has 16 heteroatoms. The minimum atomic E-state index is -0.995. The minimum absolute atomic E-state index is 0.